The number of aromatic amines is 1. The summed E-state index contributed by atoms with van der Waals surface area (Å²) in [7, 11) is 0. The van der Waals surface area contributed by atoms with Gasteiger partial charge in [0.1, 0.15) is 5.75 Å². The molecule has 4 aromatic rings. The highest BCUT2D eigenvalue weighted by Gasteiger charge is 2.28. The third-order valence-corrected chi connectivity index (χ3v) is 5.21. The highest BCUT2D eigenvalue weighted by atomic mass is 19.4. The van der Waals surface area contributed by atoms with Gasteiger partial charge in [0.05, 0.1) is 5.39 Å². The van der Waals surface area contributed by atoms with E-state index in [0.717, 1.165) is 5.39 Å². The summed E-state index contributed by atoms with van der Waals surface area (Å²) in [6, 6.07) is 13.0. The van der Waals surface area contributed by atoms with Crippen LogP contribution in [0.5, 0.6) is 5.75 Å². The van der Waals surface area contributed by atoms with Crippen LogP contribution in [-0.2, 0) is 11.2 Å². The Hall–Kier alpha value is -4.42. The number of nitrogens with zero attached hydrogens (tertiary/aromatic N) is 3. The van der Waals surface area contributed by atoms with Crippen molar-refractivity contribution in [3.63, 3.8) is 0 Å². The first kappa shape index (κ1) is 25.7. The van der Waals surface area contributed by atoms with Gasteiger partial charge in [-0.2, -0.15) is 23.3 Å². The van der Waals surface area contributed by atoms with Gasteiger partial charge < -0.3 is 19.9 Å². The average Bonchev–Trinajstić information content (AvgIpc) is 3.36. The first-order valence-electron chi connectivity index (χ1n) is 11.4. The second kappa shape index (κ2) is 11.5. The van der Waals surface area contributed by atoms with Crippen LogP contribution in [0.15, 0.2) is 57.8 Å². The lowest BCUT2D eigenvalue weighted by atomic mass is 10.2. The molecule has 37 heavy (non-hydrogen) atoms. The number of rotatable bonds is 11. The maximum Gasteiger partial charge on any atom is 0.422 e. The lowest BCUT2D eigenvalue weighted by molar-refractivity contribution is -0.153. The van der Waals surface area contributed by atoms with E-state index in [1.807, 2.05) is 12.1 Å². The van der Waals surface area contributed by atoms with Gasteiger partial charge in [0.15, 0.2) is 12.4 Å². The molecule has 0 atom stereocenters. The van der Waals surface area contributed by atoms with E-state index >= 15 is 0 Å². The standard InChI is InChI=1S/C24H23F3N6O4/c25-24(26,27)14-36-16-8-6-15(7-9-16)21-30-20(37-33-21)11-10-19(34)28-12-3-13-29-22-17-4-1-2-5-18(17)23(35)32-31-22/h1-2,4-9H,3,10-14H2,(H,28,34)(H,29,31)(H,32,35). The molecule has 0 aliphatic rings. The number of carbonyl (C=O) groups is 1. The summed E-state index contributed by atoms with van der Waals surface area (Å²) in [6.07, 6.45) is -3.40. The molecule has 2 aromatic heterocycles. The van der Waals surface area contributed by atoms with Gasteiger partial charge in [-0.25, -0.2) is 5.10 Å². The van der Waals surface area contributed by atoms with Gasteiger partial charge in [0, 0.05) is 36.9 Å². The number of nitrogens with one attached hydrogen (secondary N) is 3. The molecule has 1 amide bonds. The minimum atomic E-state index is -4.41. The Kier molecular flexibility index (Phi) is 8.01. The van der Waals surface area contributed by atoms with Crippen LogP contribution in [0.1, 0.15) is 18.7 Å². The Morgan fingerprint density at radius 3 is 2.57 bits per heavy atom. The molecular weight excluding hydrogens is 493 g/mol. The molecule has 3 N–H and O–H groups in total. The molecule has 0 unspecified atom stereocenters. The van der Waals surface area contributed by atoms with Crippen LogP contribution < -0.4 is 20.9 Å². The second-order valence-corrected chi connectivity index (χ2v) is 8.02. The predicted octanol–water partition coefficient (Wildman–Crippen LogP) is 3.47. The highest BCUT2D eigenvalue weighted by molar-refractivity contribution is 5.90. The molecule has 0 spiro atoms. The van der Waals surface area contributed by atoms with Gasteiger partial charge in [0.25, 0.3) is 5.56 Å². The van der Waals surface area contributed by atoms with E-state index < -0.39 is 12.8 Å². The van der Waals surface area contributed by atoms with Crippen molar-refractivity contribution in [2.75, 3.05) is 25.0 Å². The van der Waals surface area contributed by atoms with E-state index in [0.29, 0.717) is 36.3 Å². The fourth-order valence-corrected chi connectivity index (χ4v) is 3.42. The van der Waals surface area contributed by atoms with Crippen LogP contribution in [0.25, 0.3) is 22.2 Å². The van der Waals surface area contributed by atoms with E-state index in [-0.39, 0.29) is 41.8 Å². The molecule has 2 heterocycles. The SMILES string of the molecule is O=C(CCc1nc(-c2ccc(OCC(F)(F)F)cc2)no1)NCCCNc1n[nH]c(=O)c2ccccc12. The average molecular weight is 516 g/mol. The molecule has 4 rings (SSSR count). The van der Waals surface area contributed by atoms with Crippen LogP contribution in [0.2, 0.25) is 0 Å². The minimum absolute atomic E-state index is 0.0694. The van der Waals surface area contributed by atoms with Gasteiger partial charge in [0.2, 0.25) is 17.6 Å². The zero-order valence-electron chi connectivity index (χ0n) is 19.5. The Balaban J connectivity index is 1.17. The number of aryl methyl sites for hydroxylation is 1. The van der Waals surface area contributed by atoms with Crippen LogP contribution >= 0.6 is 0 Å². The molecule has 0 radical (unpaired) electrons. The minimum Gasteiger partial charge on any atom is -0.484 e. The summed E-state index contributed by atoms with van der Waals surface area (Å²) in [5.74, 6) is 0.975. The number of carbonyl (C=O) groups excluding carboxylic acids is 1. The Labute approximate surface area is 208 Å². The van der Waals surface area contributed by atoms with Crippen molar-refractivity contribution in [1.82, 2.24) is 25.7 Å². The summed E-state index contributed by atoms with van der Waals surface area (Å²) in [5, 5.41) is 17.6. The lowest BCUT2D eigenvalue weighted by Crippen LogP contribution is -2.26. The Morgan fingerprint density at radius 1 is 1.05 bits per heavy atom. The molecule has 0 fully saturated rings. The number of halogens is 3. The number of anilines is 1. The van der Waals surface area contributed by atoms with Crippen LogP contribution in [-0.4, -0.2) is 52.1 Å². The molecule has 0 aliphatic heterocycles. The quantitative estimate of drug-likeness (QED) is 0.258. The summed E-state index contributed by atoms with van der Waals surface area (Å²) in [5.41, 5.74) is 0.283. The fourth-order valence-electron chi connectivity index (χ4n) is 3.42. The van der Waals surface area contributed by atoms with Crippen LogP contribution in [0.4, 0.5) is 19.0 Å². The van der Waals surface area contributed by atoms with Crippen molar-refractivity contribution in [2.45, 2.75) is 25.4 Å². The van der Waals surface area contributed by atoms with Gasteiger partial charge in [-0.15, -0.1) is 0 Å². The molecule has 10 nitrogen and oxygen atoms in total. The first-order chi connectivity index (χ1) is 17.8. The Bertz CT molecular complexity index is 1400. The van der Waals surface area contributed by atoms with E-state index in [1.165, 1.54) is 24.3 Å². The summed E-state index contributed by atoms with van der Waals surface area (Å²) < 4.78 is 46.6. The number of aromatic nitrogens is 4. The van der Waals surface area contributed by atoms with Gasteiger partial charge in [-0.1, -0.05) is 23.4 Å². The number of H-pyrrole nitrogens is 1. The largest absolute Gasteiger partial charge is 0.484 e. The first-order valence-corrected chi connectivity index (χ1v) is 11.4. The Morgan fingerprint density at radius 2 is 1.81 bits per heavy atom. The van der Waals surface area contributed by atoms with Crippen molar-refractivity contribution >= 4 is 22.5 Å². The van der Waals surface area contributed by atoms with E-state index in [2.05, 4.69) is 35.7 Å². The fraction of sp³-hybridized carbons (Fsp3) is 0.292. The van der Waals surface area contributed by atoms with Crippen molar-refractivity contribution in [3.05, 3.63) is 64.8 Å². The predicted molar refractivity (Wildman–Crippen MR) is 128 cm³/mol. The third-order valence-electron chi connectivity index (χ3n) is 5.21. The van der Waals surface area contributed by atoms with Gasteiger partial charge in [-0.05, 0) is 36.8 Å². The molecule has 0 saturated heterocycles. The number of fused-ring (bicyclic) bond motifs is 1. The normalized spacial score (nSPS) is 11.4. The molecule has 0 aliphatic carbocycles. The number of alkyl halides is 3. The zero-order chi connectivity index (χ0) is 26.3. The molecule has 194 valence electrons. The summed E-state index contributed by atoms with van der Waals surface area (Å²) in [6.45, 7) is -0.401. The monoisotopic (exact) mass is 516 g/mol. The number of amides is 1. The molecule has 13 heteroatoms. The number of benzene rings is 2. The van der Waals surface area contributed by atoms with Gasteiger partial charge in [-0.3, -0.25) is 9.59 Å². The van der Waals surface area contributed by atoms with Crippen LogP contribution in [0, 0.1) is 0 Å². The lowest BCUT2D eigenvalue weighted by Gasteiger charge is -2.08. The summed E-state index contributed by atoms with van der Waals surface area (Å²) in [4.78, 5) is 28.2. The molecular formula is C24H23F3N6O4. The number of ether oxygens (including phenoxy) is 1. The van der Waals surface area contributed by atoms with E-state index in [4.69, 9.17) is 4.52 Å². The smallest absolute Gasteiger partial charge is 0.422 e. The summed E-state index contributed by atoms with van der Waals surface area (Å²) >= 11 is 0. The molecule has 2 aromatic carbocycles. The van der Waals surface area contributed by atoms with Crippen molar-refractivity contribution in [3.8, 4) is 17.1 Å². The third kappa shape index (κ3) is 7.29. The number of hydrogen-bond acceptors (Lipinski definition) is 8. The van der Waals surface area contributed by atoms with Crippen molar-refractivity contribution < 1.29 is 27.2 Å². The maximum atomic E-state index is 12.2. The van der Waals surface area contributed by atoms with Crippen molar-refractivity contribution in [2.24, 2.45) is 0 Å². The molecule has 0 bridgehead atoms. The van der Waals surface area contributed by atoms with Crippen molar-refractivity contribution in [1.29, 1.82) is 0 Å². The molecule has 0 saturated carbocycles. The topological polar surface area (TPSA) is 135 Å². The maximum absolute atomic E-state index is 12.2. The number of hydrogen-bond donors (Lipinski definition) is 3. The zero-order valence-corrected chi connectivity index (χ0v) is 19.5. The van der Waals surface area contributed by atoms with Gasteiger partial charge >= 0.3 is 6.18 Å². The van der Waals surface area contributed by atoms with E-state index in [9.17, 15) is 22.8 Å². The van der Waals surface area contributed by atoms with E-state index in [1.54, 1.807) is 12.1 Å². The second-order valence-electron chi connectivity index (χ2n) is 8.02. The highest BCUT2D eigenvalue weighted by Crippen LogP contribution is 2.22. The van der Waals surface area contributed by atoms with Crippen LogP contribution in [0.3, 0.4) is 0 Å².